The summed E-state index contributed by atoms with van der Waals surface area (Å²) in [5, 5.41) is 9.85. The van der Waals surface area contributed by atoms with Crippen molar-refractivity contribution in [2.75, 3.05) is 6.61 Å². The second-order valence-electron chi connectivity index (χ2n) is 5.03. The molecule has 1 unspecified atom stereocenters. The van der Waals surface area contributed by atoms with Crippen LogP contribution in [0.1, 0.15) is 19.4 Å². The molecule has 1 aromatic carbocycles. The topological polar surface area (TPSA) is 89.9 Å². The number of aromatic hydroxyl groups is 1. The summed E-state index contributed by atoms with van der Waals surface area (Å²) in [5.74, 6) is -3.25. The van der Waals surface area contributed by atoms with Gasteiger partial charge in [-0.2, -0.15) is 0 Å². The molecule has 1 N–H and O–H groups in total. The molecule has 0 spiro atoms. The Balaban J connectivity index is 2.23. The van der Waals surface area contributed by atoms with Gasteiger partial charge >= 0.3 is 5.97 Å². The minimum Gasteiger partial charge on any atom is -0.503 e. The van der Waals surface area contributed by atoms with Gasteiger partial charge in [0.1, 0.15) is 5.76 Å². The first kappa shape index (κ1) is 17.9. The lowest BCUT2D eigenvalue weighted by Gasteiger charge is -2.15. The van der Waals surface area contributed by atoms with E-state index in [-0.39, 0.29) is 17.3 Å². The van der Waals surface area contributed by atoms with E-state index in [2.05, 4.69) is 15.9 Å². The normalized spacial score (nSPS) is 17.6. The van der Waals surface area contributed by atoms with E-state index in [1.54, 1.807) is 19.1 Å². The van der Waals surface area contributed by atoms with Gasteiger partial charge in [-0.15, -0.1) is 0 Å². The summed E-state index contributed by atoms with van der Waals surface area (Å²) >= 11 is 3.19. The summed E-state index contributed by atoms with van der Waals surface area (Å²) in [6, 6.07) is 3.12. The number of phenolic OH excluding ortho intramolecular Hbond substituents is 1. The van der Waals surface area contributed by atoms with Gasteiger partial charge in [0.2, 0.25) is 0 Å². The van der Waals surface area contributed by atoms with Gasteiger partial charge in [0, 0.05) is 6.08 Å². The smallest absolute Gasteiger partial charge is 0.329 e. The quantitative estimate of drug-likeness (QED) is 0.469. The van der Waals surface area contributed by atoms with E-state index < -0.39 is 23.5 Å². The maximum absolute atomic E-state index is 12.1. The number of rotatable bonds is 5. The number of ketones is 2. The molecule has 1 aliphatic heterocycles. The first-order valence-electron chi connectivity index (χ1n) is 7.14. The Morgan fingerprint density at radius 2 is 2.12 bits per heavy atom. The molecular weight excluding hydrogens is 380 g/mol. The first-order valence-corrected chi connectivity index (χ1v) is 7.93. The molecule has 0 bridgehead atoms. The third kappa shape index (κ3) is 3.91. The Bertz CT molecular complexity index is 763. The Labute approximate surface area is 146 Å². The van der Waals surface area contributed by atoms with E-state index in [0.717, 1.165) is 12.2 Å². The lowest BCUT2D eigenvalue weighted by molar-refractivity contribution is -0.151. The van der Waals surface area contributed by atoms with Crippen molar-refractivity contribution in [2.24, 2.45) is 5.92 Å². The van der Waals surface area contributed by atoms with Crippen LogP contribution in [-0.2, 0) is 19.1 Å². The Kier molecular flexibility index (Phi) is 5.56. The molecule has 2 rings (SSSR count). The zero-order valence-corrected chi connectivity index (χ0v) is 14.6. The molecule has 0 aromatic heterocycles. The van der Waals surface area contributed by atoms with E-state index in [1.807, 2.05) is 0 Å². The third-order valence-electron chi connectivity index (χ3n) is 3.20. The van der Waals surface area contributed by atoms with Gasteiger partial charge in [-0.05, 0) is 53.5 Å². The van der Waals surface area contributed by atoms with Gasteiger partial charge in [0.25, 0.3) is 0 Å². The summed E-state index contributed by atoms with van der Waals surface area (Å²) < 4.78 is 10.5. The lowest BCUT2D eigenvalue weighted by atomic mass is 9.96. The molecule has 0 fully saturated rings. The van der Waals surface area contributed by atoms with Crippen LogP contribution in [0.5, 0.6) is 11.5 Å². The third-order valence-corrected chi connectivity index (χ3v) is 3.81. The maximum Gasteiger partial charge on any atom is 0.329 e. The van der Waals surface area contributed by atoms with Crippen LogP contribution in [0.4, 0.5) is 0 Å². The van der Waals surface area contributed by atoms with Crippen molar-refractivity contribution in [1.29, 1.82) is 0 Å². The van der Waals surface area contributed by atoms with Crippen LogP contribution in [0.15, 0.2) is 34.5 Å². The van der Waals surface area contributed by atoms with Crippen molar-refractivity contribution in [3.05, 3.63) is 40.1 Å². The standard InChI is InChI=1S/C17H15BrO6/c1-3-23-14-8-10(7-11(18)16(14)21)4-5-12(19)15-13(20)6-9(2)24-17(15)22/h4-8,15,21H,3H2,1-2H3. The Morgan fingerprint density at radius 3 is 2.75 bits per heavy atom. The molecule has 7 heteroatoms. The maximum atomic E-state index is 12.1. The predicted octanol–water partition coefficient (Wildman–Crippen LogP) is 2.78. The summed E-state index contributed by atoms with van der Waals surface area (Å²) in [6.45, 7) is 3.60. The predicted molar refractivity (Wildman–Crippen MR) is 89.4 cm³/mol. The summed E-state index contributed by atoms with van der Waals surface area (Å²) in [4.78, 5) is 35.7. The fourth-order valence-corrected chi connectivity index (χ4v) is 2.59. The van der Waals surface area contributed by atoms with E-state index >= 15 is 0 Å². The van der Waals surface area contributed by atoms with Gasteiger partial charge in [-0.25, -0.2) is 0 Å². The average molecular weight is 395 g/mol. The highest BCUT2D eigenvalue weighted by molar-refractivity contribution is 9.10. The van der Waals surface area contributed by atoms with Crippen LogP contribution >= 0.6 is 15.9 Å². The molecule has 0 amide bonds. The van der Waals surface area contributed by atoms with Crippen molar-refractivity contribution in [2.45, 2.75) is 13.8 Å². The van der Waals surface area contributed by atoms with Crippen LogP contribution in [-0.4, -0.2) is 29.2 Å². The number of hydrogen-bond donors (Lipinski definition) is 1. The minimum absolute atomic E-state index is 0.0491. The monoisotopic (exact) mass is 394 g/mol. The van der Waals surface area contributed by atoms with Crippen LogP contribution in [0.3, 0.4) is 0 Å². The highest BCUT2D eigenvalue weighted by atomic mass is 79.9. The second kappa shape index (κ2) is 7.44. The molecule has 1 heterocycles. The Hall–Kier alpha value is -2.41. The van der Waals surface area contributed by atoms with Gasteiger partial charge < -0.3 is 14.6 Å². The highest BCUT2D eigenvalue weighted by Gasteiger charge is 2.36. The van der Waals surface area contributed by atoms with E-state index in [0.29, 0.717) is 16.6 Å². The molecule has 6 nitrogen and oxygen atoms in total. The zero-order valence-electron chi connectivity index (χ0n) is 13.0. The molecule has 0 aliphatic carbocycles. The molecule has 1 aromatic rings. The summed E-state index contributed by atoms with van der Waals surface area (Å²) in [7, 11) is 0. The lowest BCUT2D eigenvalue weighted by Crippen LogP contribution is -2.34. The number of benzene rings is 1. The molecule has 0 saturated carbocycles. The summed E-state index contributed by atoms with van der Waals surface area (Å²) in [5.41, 5.74) is 0.555. The molecule has 1 atom stereocenters. The van der Waals surface area contributed by atoms with E-state index in [1.165, 1.54) is 13.0 Å². The fraction of sp³-hybridized carbons (Fsp3) is 0.235. The van der Waals surface area contributed by atoms with Crippen molar-refractivity contribution >= 4 is 39.5 Å². The fourth-order valence-electron chi connectivity index (χ4n) is 2.13. The first-order chi connectivity index (χ1) is 11.3. The van der Waals surface area contributed by atoms with Crippen LogP contribution in [0.2, 0.25) is 0 Å². The number of hydrogen-bond acceptors (Lipinski definition) is 6. The number of carbonyl (C=O) groups is 3. The van der Waals surface area contributed by atoms with Crippen LogP contribution in [0, 0.1) is 5.92 Å². The van der Waals surface area contributed by atoms with Crippen LogP contribution in [0.25, 0.3) is 6.08 Å². The summed E-state index contributed by atoms with van der Waals surface area (Å²) in [6.07, 6.45) is 3.69. The number of phenols is 1. The van der Waals surface area contributed by atoms with Crippen molar-refractivity contribution in [3.8, 4) is 11.5 Å². The van der Waals surface area contributed by atoms with Crippen LogP contribution < -0.4 is 4.74 Å². The number of esters is 1. The number of carbonyl (C=O) groups excluding carboxylic acids is 3. The molecule has 24 heavy (non-hydrogen) atoms. The molecular formula is C17H15BrO6. The Morgan fingerprint density at radius 1 is 1.42 bits per heavy atom. The molecule has 0 saturated heterocycles. The second-order valence-corrected chi connectivity index (χ2v) is 5.88. The number of halogens is 1. The molecule has 0 radical (unpaired) electrons. The van der Waals surface area contributed by atoms with Gasteiger partial charge in [0.05, 0.1) is 11.1 Å². The molecule has 1 aliphatic rings. The van der Waals surface area contributed by atoms with Gasteiger partial charge in [-0.3, -0.25) is 14.4 Å². The van der Waals surface area contributed by atoms with Gasteiger partial charge in [-0.1, -0.05) is 6.08 Å². The number of ether oxygens (including phenoxy) is 2. The van der Waals surface area contributed by atoms with Crippen molar-refractivity contribution in [1.82, 2.24) is 0 Å². The van der Waals surface area contributed by atoms with E-state index in [9.17, 15) is 19.5 Å². The highest BCUT2D eigenvalue weighted by Crippen LogP contribution is 2.35. The van der Waals surface area contributed by atoms with Gasteiger partial charge in [0.15, 0.2) is 29.0 Å². The van der Waals surface area contributed by atoms with Crippen molar-refractivity contribution in [3.63, 3.8) is 0 Å². The zero-order chi connectivity index (χ0) is 17.9. The number of cyclic esters (lactones) is 1. The molecule has 126 valence electrons. The minimum atomic E-state index is -1.48. The number of allylic oxidation sites excluding steroid dienone is 3. The van der Waals surface area contributed by atoms with Crippen molar-refractivity contribution < 1.29 is 29.0 Å². The van der Waals surface area contributed by atoms with E-state index in [4.69, 9.17) is 9.47 Å². The average Bonchev–Trinajstić information content (AvgIpc) is 2.49. The SMILES string of the molecule is CCOc1cc(C=CC(=O)C2C(=O)C=C(C)OC2=O)cc(Br)c1O. The largest absolute Gasteiger partial charge is 0.503 e.